The Hall–Kier alpha value is -1.15. The van der Waals surface area contributed by atoms with Gasteiger partial charge in [0.05, 0.1) is 0 Å². The fourth-order valence-electron chi connectivity index (χ4n) is 2.33. The molecule has 20 heavy (non-hydrogen) atoms. The third-order valence-corrected chi connectivity index (χ3v) is 3.15. The normalized spacial score (nSPS) is 13.8. The molecule has 1 fully saturated rings. The first-order valence-corrected chi connectivity index (χ1v) is 8.04. The molecule has 0 bridgehead atoms. The van der Waals surface area contributed by atoms with Crippen LogP contribution in [0.3, 0.4) is 0 Å². The minimum absolute atomic E-state index is 0.244. The lowest BCUT2D eigenvalue weighted by atomic mass is 10.0. The number of Topliss-reactive ketones (excluding diaryl/α,β-unsaturated/α-hetero) is 1. The monoisotopic (exact) mass is 277 g/mol. The molecular formula is C18H31NO. The molecule has 0 radical (unpaired) electrons. The van der Waals surface area contributed by atoms with Gasteiger partial charge in [0.2, 0.25) is 0 Å². The van der Waals surface area contributed by atoms with Crippen LogP contribution in [-0.4, -0.2) is 23.8 Å². The molecule has 2 heteroatoms. The standard InChI is InChI=1S/C14H19NO.2C2H6/c1-12(16)10-13-6-2-3-7-14(13)11-15-8-4-5-9-15;2*1-2/h2-3,6-7H,4-5,8-11H2,1H3;2*1-2H3. The van der Waals surface area contributed by atoms with E-state index in [1.807, 2.05) is 33.8 Å². The summed E-state index contributed by atoms with van der Waals surface area (Å²) in [7, 11) is 0. The van der Waals surface area contributed by atoms with Gasteiger partial charge in [-0.1, -0.05) is 52.0 Å². The molecule has 0 aliphatic carbocycles. The molecule has 114 valence electrons. The predicted octanol–water partition coefficient (Wildman–Crippen LogP) is 4.47. The van der Waals surface area contributed by atoms with Crippen molar-refractivity contribution in [1.29, 1.82) is 0 Å². The fourth-order valence-corrected chi connectivity index (χ4v) is 2.33. The van der Waals surface area contributed by atoms with Gasteiger partial charge in [-0.3, -0.25) is 9.69 Å². The number of ketones is 1. The Kier molecular flexibility index (Phi) is 11.0. The number of carbonyl (C=O) groups excluding carboxylic acids is 1. The summed E-state index contributed by atoms with van der Waals surface area (Å²) in [5, 5.41) is 0. The van der Waals surface area contributed by atoms with Gasteiger partial charge in [-0.25, -0.2) is 0 Å². The van der Waals surface area contributed by atoms with Gasteiger partial charge in [-0.15, -0.1) is 0 Å². The number of benzene rings is 1. The van der Waals surface area contributed by atoms with Crippen LogP contribution in [-0.2, 0) is 17.8 Å². The lowest BCUT2D eigenvalue weighted by Gasteiger charge is -2.17. The largest absolute Gasteiger partial charge is 0.300 e. The van der Waals surface area contributed by atoms with Crippen molar-refractivity contribution in [3.63, 3.8) is 0 Å². The van der Waals surface area contributed by atoms with Gasteiger partial charge >= 0.3 is 0 Å². The van der Waals surface area contributed by atoms with Crippen molar-refractivity contribution in [2.24, 2.45) is 0 Å². The van der Waals surface area contributed by atoms with E-state index in [-0.39, 0.29) is 5.78 Å². The summed E-state index contributed by atoms with van der Waals surface area (Å²) in [5.41, 5.74) is 2.52. The summed E-state index contributed by atoms with van der Waals surface area (Å²) < 4.78 is 0. The number of rotatable bonds is 4. The Morgan fingerprint density at radius 3 is 2.00 bits per heavy atom. The van der Waals surface area contributed by atoms with Crippen LogP contribution in [0.15, 0.2) is 24.3 Å². The van der Waals surface area contributed by atoms with Gasteiger partial charge in [-0.2, -0.15) is 0 Å². The van der Waals surface area contributed by atoms with Gasteiger partial charge in [0.15, 0.2) is 0 Å². The van der Waals surface area contributed by atoms with E-state index in [2.05, 4.69) is 23.1 Å². The van der Waals surface area contributed by atoms with Crippen molar-refractivity contribution in [3.8, 4) is 0 Å². The molecular weight excluding hydrogens is 246 g/mol. The van der Waals surface area contributed by atoms with Crippen molar-refractivity contribution in [1.82, 2.24) is 4.90 Å². The maximum atomic E-state index is 11.2. The number of hydrogen-bond acceptors (Lipinski definition) is 2. The number of likely N-dealkylation sites (tertiary alicyclic amines) is 1. The molecule has 1 aliphatic heterocycles. The second kappa shape index (κ2) is 11.7. The van der Waals surface area contributed by atoms with Crippen molar-refractivity contribution >= 4 is 5.78 Å². The number of hydrogen-bond donors (Lipinski definition) is 0. The Bertz CT molecular complexity index is 367. The first-order valence-electron chi connectivity index (χ1n) is 8.04. The molecule has 0 saturated carbocycles. The Labute approximate surface area is 125 Å². The molecule has 0 atom stereocenters. The third-order valence-electron chi connectivity index (χ3n) is 3.15. The maximum Gasteiger partial charge on any atom is 0.134 e. The third kappa shape index (κ3) is 6.85. The molecule has 1 aliphatic rings. The second-order valence-electron chi connectivity index (χ2n) is 4.63. The highest BCUT2D eigenvalue weighted by Gasteiger charge is 2.13. The van der Waals surface area contributed by atoms with Crippen LogP contribution in [0.1, 0.15) is 58.6 Å². The first-order chi connectivity index (χ1) is 9.75. The highest BCUT2D eigenvalue weighted by atomic mass is 16.1. The molecule has 0 spiro atoms. The summed E-state index contributed by atoms with van der Waals surface area (Å²) >= 11 is 0. The summed E-state index contributed by atoms with van der Waals surface area (Å²) in [6.07, 6.45) is 3.20. The van der Waals surface area contributed by atoms with Gasteiger partial charge in [-0.05, 0) is 44.0 Å². The molecule has 0 unspecified atom stereocenters. The molecule has 0 aromatic heterocycles. The van der Waals surface area contributed by atoms with Crippen molar-refractivity contribution in [2.75, 3.05) is 13.1 Å². The summed E-state index contributed by atoms with van der Waals surface area (Å²) in [4.78, 5) is 13.7. The Balaban J connectivity index is 0.000000829. The molecule has 1 aromatic rings. The number of carbonyl (C=O) groups is 1. The fraction of sp³-hybridized carbons (Fsp3) is 0.611. The van der Waals surface area contributed by atoms with Crippen LogP contribution in [0.25, 0.3) is 0 Å². The van der Waals surface area contributed by atoms with Crippen LogP contribution >= 0.6 is 0 Å². The molecule has 1 heterocycles. The highest BCUT2D eigenvalue weighted by Crippen LogP contribution is 2.16. The molecule has 1 aromatic carbocycles. The topological polar surface area (TPSA) is 20.3 Å². The maximum absolute atomic E-state index is 11.2. The van der Waals surface area contributed by atoms with Crippen molar-refractivity contribution in [2.45, 2.75) is 60.4 Å². The molecule has 1 saturated heterocycles. The van der Waals surface area contributed by atoms with Gasteiger partial charge in [0.1, 0.15) is 5.78 Å². The van der Waals surface area contributed by atoms with E-state index in [1.165, 1.54) is 37.1 Å². The van der Waals surface area contributed by atoms with Gasteiger partial charge in [0.25, 0.3) is 0 Å². The molecule has 0 N–H and O–H groups in total. The van der Waals surface area contributed by atoms with Crippen LogP contribution in [0.2, 0.25) is 0 Å². The zero-order chi connectivity index (χ0) is 15.4. The SMILES string of the molecule is CC.CC.CC(=O)Cc1ccccc1CN1CCCC1. The minimum atomic E-state index is 0.244. The van der Waals surface area contributed by atoms with Crippen molar-refractivity contribution < 1.29 is 4.79 Å². The highest BCUT2D eigenvalue weighted by molar-refractivity contribution is 5.78. The Morgan fingerprint density at radius 1 is 1.00 bits per heavy atom. The first kappa shape index (κ1) is 18.9. The van der Waals surface area contributed by atoms with E-state index < -0.39 is 0 Å². The van der Waals surface area contributed by atoms with Crippen LogP contribution in [0, 0.1) is 0 Å². The smallest absolute Gasteiger partial charge is 0.134 e. The Morgan fingerprint density at radius 2 is 1.50 bits per heavy atom. The predicted molar refractivity (Wildman–Crippen MR) is 88.0 cm³/mol. The van der Waals surface area contributed by atoms with Crippen LogP contribution in [0.4, 0.5) is 0 Å². The summed E-state index contributed by atoms with van der Waals surface area (Å²) in [6.45, 7) is 13.1. The second-order valence-corrected chi connectivity index (χ2v) is 4.63. The molecule has 2 nitrogen and oxygen atoms in total. The summed E-state index contributed by atoms with van der Waals surface area (Å²) in [5.74, 6) is 0.244. The zero-order valence-electron chi connectivity index (χ0n) is 13.9. The lowest BCUT2D eigenvalue weighted by molar-refractivity contribution is -0.116. The van der Waals surface area contributed by atoms with Gasteiger partial charge < -0.3 is 0 Å². The average molecular weight is 277 g/mol. The van der Waals surface area contributed by atoms with Gasteiger partial charge in [0, 0.05) is 13.0 Å². The molecule has 0 amide bonds. The minimum Gasteiger partial charge on any atom is -0.300 e. The van der Waals surface area contributed by atoms with Crippen LogP contribution < -0.4 is 0 Å². The average Bonchev–Trinajstić information content (AvgIpc) is 2.98. The van der Waals surface area contributed by atoms with E-state index in [0.29, 0.717) is 6.42 Å². The van der Waals surface area contributed by atoms with E-state index in [9.17, 15) is 4.79 Å². The number of nitrogens with zero attached hydrogens (tertiary/aromatic N) is 1. The molecule has 2 rings (SSSR count). The van der Waals surface area contributed by atoms with Crippen molar-refractivity contribution in [3.05, 3.63) is 35.4 Å². The van der Waals surface area contributed by atoms with E-state index in [4.69, 9.17) is 0 Å². The quantitative estimate of drug-likeness (QED) is 0.809. The zero-order valence-corrected chi connectivity index (χ0v) is 13.9. The summed E-state index contributed by atoms with van der Waals surface area (Å²) in [6, 6.07) is 8.31. The van der Waals surface area contributed by atoms with E-state index >= 15 is 0 Å². The van der Waals surface area contributed by atoms with E-state index in [0.717, 1.165) is 6.54 Å². The lowest BCUT2D eigenvalue weighted by Crippen LogP contribution is -2.19. The van der Waals surface area contributed by atoms with E-state index in [1.54, 1.807) is 6.92 Å². The van der Waals surface area contributed by atoms with Crippen LogP contribution in [0.5, 0.6) is 0 Å².